The zero-order chi connectivity index (χ0) is 42.5. The van der Waals surface area contributed by atoms with Gasteiger partial charge >= 0.3 is 0 Å². The number of halogens is 1. The summed E-state index contributed by atoms with van der Waals surface area (Å²) in [6, 6.07) is 11.5. The second kappa shape index (κ2) is 16.9. The number of carbonyl (C=O) groups excluding carboxylic acids is 2. The number of aryl methyl sites for hydroxylation is 2. The molecule has 14 nitrogen and oxygen atoms in total. The molecule has 1 saturated carbocycles. The first-order valence-electron chi connectivity index (χ1n) is 21.5. The number of amides is 2. The number of hydrogen-bond acceptors (Lipinski definition) is 11. The Kier molecular flexibility index (Phi) is 11.8. The molecule has 4 aliphatic heterocycles. The number of benzene rings is 2. The molecule has 6 aliphatic rings. The molecule has 2 aliphatic carbocycles. The molecule has 1 aromatic heterocycles. The molecular weight excluding hydrogens is 820 g/mol. The van der Waals surface area contributed by atoms with Crippen LogP contribution in [0.5, 0.6) is 11.6 Å². The number of fused-ring (bicyclic) bond motifs is 4. The van der Waals surface area contributed by atoms with E-state index in [1.807, 2.05) is 31.2 Å². The van der Waals surface area contributed by atoms with Gasteiger partial charge < -0.3 is 28.6 Å². The van der Waals surface area contributed by atoms with Crippen molar-refractivity contribution in [2.45, 2.75) is 56.7 Å². The summed E-state index contributed by atoms with van der Waals surface area (Å²) < 4.78 is 54.0. The summed E-state index contributed by atoms with van der Waals surface area (Å²) in [7, 11) is 1.04. The summed E-state index contributed by atoms with van der Waals surface area (Å²) in [4.78, 5) is 33.1. The van der Waals surface area contributed by atoms with Crippen LogP contribution in [-0.2, 0) is 43.0 Å². The third kappa shape index (κ3) is 8.46. The molecule has 1 unspecified atom stereocenters. The third-order valence-electron chi connectivity index (χ3n) is 13.8. The maximum absolute atomic E-state index is 15.2. The molecule has 7 atom stereocenters. The molecule has 61 heavy (non-hydrogen) atoms. The van der Waals surface area contributed by atoms with Crippen molar-refractivity contribution in [2.75, 3.05) is 84.0 Å². The predicted molar refractivity (Wildman–Crippen MR) is 232 cm³/mol. The van der Waals surface area contributed by atoms with Gasteiger partial charge in [-0.3, -0.25) is 23.9 Å². The van der Waals surface area contributed by atoms with Gasteiger partial charge in [0.25, 0.3) is 11.8 Å². The van der Waals surface area contributed by atoms with Crippen molar-refractivity contribution >= 4 is 39.0 Å². The lowest BCUT2D eigenvalue weighted by molar-refractivity contribution is -0.191. The standard InChI is InChI=1S/C45H57ClN6O8S/c1-29-22-61(55,49-42(54)35-21-50(2)47-43(35)57-4)48-41(53)31-8-12-40-37(19-31)52(25-45(28-60-40)15-5-6-30-18-33(46)9-11-36(30)45)20-32-7-10-34(32)39(56-3)14-13-38(29)59-17-16-51-23-44(24-51)26-58-27-44/h8-9,11-14,18-19,21,29,32,34,38-39H,5-7,10,15-17,20,22-28H2,1-4H3,(H,48,49,53,54,55)/b14-13-/t29-,32+,34-,38+,39+,45+,61?/m1/s1. The molecule has 2 saturated heterocycles. The van der Waals surface area contributed by atoms with E-state index in [1.54, 1.807) is 20.2 Å². The number of anilines is 1. The maximum atomic E-state index is 15.2. The number of rotatable bonds is 8. The molecule has 1 N–H and O–H groups in total. The van der Waals surface area contributed by atoms with Gasteiger partial charge in [-0.1, -0.05) is 36.7 Å². The highest BCUT2D eigenvalue weighted by atomic mass is 35.5. The molecule has 16 heteroatoms. The average molecular weight is 878 g/mol. The summed E-state index contributed by atoms with van der Waals surface area (Å²) in [6.45, 7) is 8.56. The fourth-order valence-electron chi connectivity index (χ4n) is 10.5. The van der Waals surface area contributed by atoms with Crippen LogP contribution in [-0.4, -0.2) is 122 Å². The zero-order valence-electron chi connectivity index (χ0n) is 35.5. The number of carbonyl (C=O) groups is 2. The number of aromatic nitrogens is 2. The Bertz CT molecular complexity index is 2320. The van der Waals surface area contributed by atoms with Crippen molar-refractivity contribution in [1.82, 2.24) is 19.4 Å². The van der Waals surface area contributed by atoms with Crippen LogP contribution in [0, 0.1) is 23.2 Å². The van der Waals surface area contributed by atoms with Crippen LogP contribution < -0.4 is 19.1 Å². The second-order valence-electron chi connectivity index (χ2n) is 18.3. The highest BCUT2D eigenvalue weighted by Gasteiger charge is 2.49. The van der Waals surface area contributed by atoms with Gasteiger partial charge in [0, 0.05) is 80.4 Å². The van der Waals surface area contributed by atoms with E-state index in [4.69, 9.17) is 35.3 Å². The summed E-state index contributed by atoms with van der Waals surface area (Å²) in [5.74, 6) is -0.738. The zero-order valence-corrected chi connectivity index (χ0v) is 37.1. The van der Waals surface area contributed by atoms with Crippen LogP contribution >= 0.6 is 11.6 Å². The highest BCUT2D eigenvalue weighted by Crippen LogP contribution is 2.47. The number of methoxy groups -OCH3 is 2. The van der Waals surface area contributed by atoms with Gasteiger partial charge in [-0.2, -0.15) is 0 Å². The van der Waals surface area contributed by atoms with E-state index in [2.05, 4.69) is 42.2 Å². The van der Waals surface area contributed by atoms with E-state index >= 15 is 4.21 Å². The normalized spacial score (nSPS) is 31.3. The molecule has 2 aromatic carbocycles. The van der Waals surface area contributed by atoms with Crippen LogP contribution in [0.15, 0.2) is 59.1 Å². The molecule has 5 heterocycles. The Morgan fingerprint density at radius 3 is 2.62 bits per heavy atom. The van der Waals surface area contributed by atoms with Crippen LogP contribution in [0.4, 0.5) is 5.69 Å². The number of hydrogen-bond donors (Lipinski definition) is 1. The molecule has 3 fully saturated rings. The van der Waals surface area contributed by atoms with E-state index in [0.717, 1.165) is 82.2 Å². The van der Waals surface area contributed by atoms with Gasteiger partial charge in [-0.05, 0) is 85.4 Å². The summed E-state index contributed by atoms with van der Waals surface area (Å²) >= 11 is 6.51. The largest absolute Gasteiger partial charge is 0.490 e. The van der Waals surface area contributed by atoms with Crippen molar-refractivity contribution in [2.24, 2.45) is 34.6 Å². The minimum absolute atomic E-state index is 0.0631. The third-order valence-corrected chi connectivity index (χ3v) is 16.0. The van der Waals surface area contributed by atoms with E-state index in [-0.39, 0.29) is 45.6 Å². The lowest BCUT2D eigenvalue weighted by Crippen LogP contribution is -2.66. The van der Waals surface area contributed by atoms with Crippen molar-refractivity contribution in [3.05, 3.63) is 82.0 Å². The average Bonchev–Trinajstić information content (AvgIpc) is 3.51. The van der Waals surface area contributed by atoms with Gasteiger partial charge in [0.15, 0.2) is 0 Å². The summed E-state index contributed by atoms with van der Waals surface area (Å²) in [5, 5.41) is 4.93. The minimum Gasteiger partial charge on any atom is -0.490 e. The number of ether oxygens (including phenoxy) is 5. The van der Waals surface area contributed by atoms with Crippen molar-refractivity contribution < 1.29 is 37.5 Å². The molecule has 3 aromatic rings. The Hall–Kier alpha value is -3.99. The molecule has 9 rings (SSSR count). The van der Waals surface area contributed by atoms with Crippen LogP contribution in [0.2, 0.25) is 5.02 Å². The van der Waals surface area contributed by atoms with E-state index < -0.39 is 33.8 Å². The summed E-state index contributed by atoms with van der Waals surface area (Å²) in [5.41, 5.74) is 3.59. The Balaban J connectivity index is 1.09. The first kappa shape index (κ1) is 42.3. The van der Waals surface area contributed by atoms with Crippen LogP contribution in [0.25, 0.3) is 0 Å². The van der Waals surface area contributed by atoms with Crippen molar-refractivity contribution in [1.29, 1.82) is 0 Å². The molecule has 2 amide bonds. The Morgan fingerprint density at radius 2 is 1.89 bits per heavy atom. The number of likely N-dealkylation sites (tertiary alicyclic amines) is 1. The Labute approximate surface area is 363 Å². The molecule has 2 spiro atoms. The Morgan fingerprint density at radius 1 is 1.07 bits per heavy atom. The topological polar surface area (TPSA) is 146 Å². The van der Waals surface area contributed by atoms with E-state index in [9.17, 15) is 9.59 Å². The summed E-state index contributed by atoms with van der Waals surface area (Å²) in [6.07, 6.45) is 9.85. The van der Waals surface area contributed by atoms with Crippen LogP contribution in [0.3, 0.4) is 0 Å². The first-order valence-corrected chi connectivity index (χ1v) is 23.6. The lowest BCUT2D eigenvalue weighted by Gasteiger charge is -2.55. The fraction of sp³-hybridized carbons (Fsp3) is 0.578. The van der Waals surface area contributed by atoms with E-state index in [1.165, 1.54) is 29.1 Å². The van der Waals surface area contributed by atoms with Crippen molar-refractivity contribution in [3.8, 4) is 11.6 Å². The van der Waals surface area contributed by atoms with Gasteiger partial charge in [-0.25, -0.2) is 4.21 Å². The molecule has 2 bridgehead atoms. The second-order valence-corrected chi connectivity index (χ2v) is 20.7. The van der Waals surface area contributed by atoms with Crippen LogP contribution in [0.1, 0.15) is 64.4 Å². The van der Waals surface area contributed by atoms with Gasteiger partial charge in [0.2, 0.25) is 5.88 Å². The quantitative estimate of drug-likeness (QED) is 0.288. The predicted octanol–water partition coefficient (Wildman–Crippen LogP) is 5.47. The SMILES string of the molecule is COc1nn(C)cc1C(=O)NS1(=O)=NC(=O)c2ccc3c(c2)N(C[C@@H]2CC[C@H]2[C@@H](OC)/C=C\[C@H](OCCN2CC4(COC4)C2)[C@H](C)C1)C[C@@]1(CCCc2cc(Cl)ccc21)CO3. The maximum Gasteiger partial charge on any atom is 0.286 e. The van der Waals surface area contributed by atoms with Gasteiger partial charge in [-0.15, -0.1) is 9.46 Å². The molecular formula is C45H57ClN6O8S. The van der Waals surface area contributed by atoms with Gasteiger partial charge in [0.05, 0.1) is 57.2 Å². The fourth-order valence-corrected chi connectivity index (χ4v) is 12.5. The first-order chi connectivity index (χ1) is 29.4. The minimum atomic E-state index is -3.78. The monoisotopic (exact) mass is 876 g/mol. The van der Waals surface area contributed by atoms with E-state index in [0.29, 0.717) is 31.4 Å². The van der Waals surface area contributed by atoms with Gasteiger partial charge in [0.1, 0.15) is 21.2 Å². The highest BCUT2D eigenvalue weighted by molar-refractivity contribution is 7.92. The molecule has 328 valence electrons. The molecule has 0 radical (unpaired) electrons. The smallest absolute Gasteiger partial charge is 0.286 e. The number of nitrogens with zero attached hydrogens (tertiary/aromatic N) is 5. The number of nitrogens with one attached hydrogen (secondary N) is 1. The van der Waals surface area contributed by atoms with Crippen molar-refractivity contribution in [3.63, 3.8) is 0 Å². The lowest BCUT2D eigenvalue weighted by atomic mass is 9.68.